The fraction of sp³-hybridized carbons (Fsp3) is 0.0833. The van der Waals surface area contributed by atoms with Gasteiger partial charge in [-0.15, -0.1) is 5.10 Å². The second-order valence-corrected chi connectivity index (χ2v) is 4.75. The molecule has 0 saturated carbocycles. The van der Waals surface area contributed by atoms with Gasteiger partial charge in [-0.3, -0.25) is 0 Å². The van der Waals surface area contributed by atoms with Crippen LogP contribution in [0, 0.1) is 11.3 Å². The summed E-state index contributed by atoms with van der Waals surface area (Å²) in [7, 11) is 0. The molecular weight excluding hydrogens is 276 g/mol. The van der Waals surface area contributed by atoms with Crippen molar-refractivity contribution in [3.8, 4) is 6.07 Å². The molecule has 0 atom stereocenters. The Kier molecular flexibility index (Phi) is 3.18. The zero-order valence-corrected chi connectivity index (χ0v) is 10.9. The predicted molar refractivity (Wildman–Crippen MR) is 74.0 cm³/mol. The first-order valence-corrected chi connectivity index (χ1v) is 6.65. The molecule has 0 radical (unpaired) electrons. The van der Waals surface area contributed by atoms with Crippen molar-refractivity contribution in [2.45, 2.75) is 5.16 Å². The Morgan fingerprint density at radius 3 is 3.05 bits per heavy atom. The molecule has 1 N–H and O–H groups in total. The standard InChI is InChI=1S/C12H8N6OS/c13-5-6-20-12-15-9-4-2-1-3-8(9)11-16-10(7-14-19)17-18(11)12/h1-4,7,19H,6H2/b14-7+. The van der Waals surface area contributed by atoms with Crippen molar-refractivity contribution >= 4 is 34.5 Å². The van der Waals surface area contributed by atoms with E-state index in [4.69, 9.17) is 10.5 Å². The third-order valence-electron chi connectivity index (χ3n) is 2.60. The number of nitriles is 1. The van der Waals surface area contributed by atoms with Gasteiger partial charge in [0.15, 0.2) is 16.6 Å². The molecule has 98 valence electrons. The molecule has 0 bridgehead atoms. The van der Waals surface area contributed by atoms with E-state index in [1.54, 1.807) is 4.52 Å². The second kappa shape index (κ2) is 5.14. The van der Waals surface area contributed by atoms with E-state index in [9.17, 15) is 0 Å². The summed E-state index contributed by atoms with van der Waals surface area (Å²) >= 11 is 1.28. The van der Waals surface area contributed by atoms with Gasteiger partial charge in [-0.05, 0) is 12.1 Å². The molecule has 0 aliphatic carbocycles. The van der Waals surface area contributed by atoms with E-state index in [2.05, 4.69) is 26.3 Å². The van der Waals surface area contributed by atoms with Crippen molar-refractivity contribution in [2.24, 2.45) is 5.16 Å². The van der Waals surface area contributed by atoms with Crippen molar-refractivity contribution in [2.75, 3.05) is 5.75 Å². The maximum atomic E-state index is 8.70. The summed E-state index contributed by atoms with van der Waals surface area (Å²) in [4.78, 5) is 8.79. The van der Waals surface area contributed by atoms with Crippen LogP contribution in [0.5, 0.6) is 0 Å². The second-order valence-electron chi connectivity index (χ2n) is 3.81. The number of thioether (sulfide) groups is 1. The Morgan fingerprint density at radius 1 is 1.40 bits per heavy atom. The lowest BCUT2D eigenvalue weighted by Gasteiger charge is -2.03. The zero-order chi connectivity index (χ0) is 13.9. The minimum atomic E-state index is 0.268. The number of oxime groups is 1. The monoisotopic (exact) mass is 284 g/mol. The number of hydrogen-bond acceptors (Lipinski definition) is 7. The number of para-hydroxylation sites is 1. The van der Waals surface area contributed by atoms with E-state index in [-0.39, 0.29) is 11.6 Å². The summed E-state index contributed by atoms with van der Waals surface area (Å²) in [6.45, 7) is 0. The number of fused-ring (bicyclic) bond motifs is 3. The molecule has 0 saturated heterocycles. The molecule has 0 fully saturated rings. The molecule has 0 amide bonds. The van der Waals surface area contributed by atoms with Crippen molar-refractivity contribution in [3.05, 3.63) is 30.1 Å². The molecule has 0 aliphatic heterocycles. The number of nitrogens with zero attached hydrogens (tertiary/aromatic N) is 6. The van der Waals surface area contributed by atoms with E-state index >= 15 is 0 Å². The van der Waals surface area contributed by atoms with Crippen LogP contribution in [0.2, 0.25) is 0 Å². The maximum absolute atomic E-state index is 8.70. The van der Waals surface area contributed by atoms with Gasteiger partial charge < -0.3 is 5.21 Å². The first-order chi connectivity index (χ1) is 9.83. The van der Waals surface area contributed by atoms with E-state index < -0.39 is 0 Å². The Balaban J connectivity index is 2.32. The normalized spacial score (nSPS) is 11.3. The third-order valence-corrected chi connectivity index (χ3v) is 3.40. The molecule has 0 unspecified atom stereocenters. The topological polar surface area (TPSA) is 99.5 Å². The number of aromatic nitrogens is 4. The highest BCUT2D eigenvalue weighted by Crippen LogP contribution is 2.23. The molecule has 0 spiro atoms. The average Bonchev–Trinajstić information content (AvgIpc) is 2.89. The lowest BCUT2D eigenvalue weighted by Crippen LogP contribution is -1.98. The first-order valence-electron chi connectivity index (χ1n) is 5.66. The summed E-state index contributed by atoms with van der Waals surface area (Å²) in [5.74, 6) is 0.549. The van der Waals surface area contributed by atoms with Crippen LogP contribution in [-0.4, -0.2) is 36.8 Å². The average molecular weight is 284 g/mol. The van der Waals surface area contributed by atoms with Gasteiger partial charge in [0.1, 0.15) is 6.21 Å². The molecule has 20 heavy (non-hydrogen) atoms. The van der Waals surface area contributed by atoms with Gasteiger partial charge in [0, 0.05) is 5.39 Å². The van der Waals surface area contributed by atoms with Crippen LogP contribution in [0.15, 0.2) is 34.6 Å². The van der Waals surface area contributed by atoms with Gasteiger partial charge >= 0.3 is 0 Å². The summed E-state index contributed by atoms with van der Waals surface area (Å²) in [5.41, 5.74) is 1.39. The maximum Gasteiger partial charge on any atom is 0.196 e. The molecule has 0 aliphatic rings. The fourth-order valence-electron chi connectivity index (χ4n) is 1.84. The van der Waals surface area contributed by atoms with Gasteiger partial charge in [0.05, 0.1) is 17.3 Å². The number of hydrogen-bond donors (Lipinski definition) is 1. The van der Waals surface area contributed by atoms with Gasteiger partial charge in [-0.25, -0.2) is 9.97 Å². The van der Waals surface area contributed by atoms with Gasteiger partial charge in [0.25, 0.3) is 0 Å². The van der Waals surface area contributed by atoms with E-state index in [1.807, 2.05) is 24.3 Å². The Labute approximate surface area is 117 Å². The highest BCUT2D eigenvalue weighted by atomic mass is 32.2. The van der Waals surface area contributed by atoms with E-state index in [0.29, 0.717) is 10.8 Å². The molecule has 7 nitrogen and oxygen atoms in total. The molecule has 2 heterocycles. The molecule has 2 aromatic heterocycles. The smallest absolute Gasteiger partial charge is 0.196 e. The van der Waals surface area contributed by atoms with Crippen LogP contribution >= 0.6 is 11.8 Å². The minimum absolute atomic E-state index is 0.268. The van der Waals surface area contributed by atoms with Crippen molar-refractivity contribution in [1.82, 2.24) is 19.6 Å². The Morgan fingerprint density at radius 2 is 2.25 bits per heavy atom. The van der Waals surface area contributed by atoms with Crippen molar-refractivity contribution in [3.63, 3.8) is 0 Å². The van der Waals surface area contributed by atoms with Crippen LogP contribution in [-0.2, 0) is 0 Å². The number of benzene rings is 1. The van der Waals surface area contributed by atoms with Crippen LogP contribution in [0.25, 0.3) is 16.6 Å². The lowest BCUT2D eigenvalue weighted by molar-refractivity contribution is 0.321. The zero-order valence-electron chi connectivity index (χ0n) is 10.1. The lowest BCUT2D eigenvalue weighted by atomic mass is 10.2. The molecule has 3 rings (SSSR count). The van der Waals surface area contributed by atoms with Gasteiger partial charge in [-0.2, -0.15) is 9.78 Å². The van der Waals surface area contributed by atoms with E-state index in [0.717, 1.165) is 17.1 Å². The Bertz CT molecular complexity index is 850. The first kappa shape index (κ1) is 12.4. The largest absolute Gasteiger partial charge is 0.411 e. The highest BCUT2D eigenvalue weighted by Gasteiger charge is 2.12. The van der Waals surface area contributed by atoms with Crippen LogP contribution < -0.4 is 0 Å². The number of rotatable bonds is 3. The minimum Gasteiger partial charge on any atom is -0.411 e. The molecule has 8 heteroatoms. The summed E-state index contributed by atoms with van der Waals surface area (Å²) in [6.07, 6.45) is 1.15. The van der Waals surface area contributed by atoms with Crippen LogP contribution in [0.1, 0.15) is 5.82 Å². The molecule has 1 aromatic carbocycles. The third kappa shape index (κ3) is 2.04. The predicted octanol–water partition coefficient (Wildman–Crippen LogP) is 1.70. The van der Waals surface area contributed by atoms with Gasteiger partial charge in [0.2, 0.25) is 0 Å². The van der Waals surface area contributed by atoms with Crippen molar-refractivity contribution in [1.29, 1.82) is 5.26 Å². The van der Waals surface area contributed by atoms with Crippen molar-refractivity contribution < 1.29 is 5.21 Å². The van der Waals surface area contributed by atoms with E-state index in [1.165, 1.54) is 11.8 Å². The van der Waals surface area contributed by atoms with Gasteiger partial charge in [-0.1, -0.05) is 29.1 Å². The molecule has 3 aromatic rings. The SMILES string of the molecule is N#CCSc1nc2ccccc2c2nc(/C=N/O)nn12. The summed E-state index contributed by atoms with van der Waals surface area (Å²) in [5, 5.41) is 25.8. The van der Waals surface area contributed by atoms with Crippen LogP contribution in [0.3, 0.4) is 0 Å². The summed E-state index contributed by atoms with van der Waals surface area (Å²) in [6, 6.07) is 9.60. The Hall–Kier alpha value is -2.66. The van der Waals surface area contributed by atoms with Crippen LogP contribution in [0.4, 0.5) is 0 Å². The molecular formula is C12H8N6OS. The summed E-state index contributed by atoms with van der Waals surface area (Å²) < 4.78 is 1.56. The fourth-order valence-corrected chi connectivity index (χ4v) is 2.45. The quantitative estimate of drug-likeness (QED) is 0.258. The highest BCUT2D eigenvalue weighted by molar-refractivity contribution is 7.99.